The smallest absolute Gasteiger partial charge is 0.234 e. The number of benzene rings is 1. The van der Waals surface area contributed by atoms with Crippen LogP contribution >= 0.6 is 11.3 Å². The van der Waals surface area contributed by atoms with Crippen LogP contribution in [0.3, 0.4) is 0 Å². The van der Waals surface area contributed by atoms with Gasteiger partial charge in [0.25, 0.3) is 0 Å². The van der Waals surface area contributed by atoms with E-state index in [0.717, 1.165) is 50.9 Å². The van der Waals surface area contributed by atoms with E-state index in [9.17, 15) is 9.59 Å². The van der Waals surface area contributed by atoms with Gasteiger partial charge in [-0.25, -0.2) is 4.98 Å². The number of thiazole rings is 1. The number of carbonyl (C=O) groups is 2. The Hall–Kier alpha value is -2.25. The number of carbonyl (C=O) groups excluding carboxylic acids is 2. The van der Waals surface area contributed by atoms with Crippen molar-refractivity contribution in [3.63, 3.8) is 0 Å². The molecule has 154 valence electrons. The molecule has 2 aliphatic rings. The number of piperidine rings is 1. The van der Waals surface area contributed by atoms with Crippen LogP contribution in [-0.4, -0.2) is 41.3 Å². The van der Waals surface area contributed by atoms with Gasteiger partial charge >= 0.3 is 0 Å². The van der Waals surface area contributed by atoms with Crippen LogP contribution in [0, 0.1) is 12.8 Å². The van der Waals surface area contributed by atoms with Crippen molar-refractivity contribution in [2.75, 3.05) is 25.0 Å². The van der Waals surface area contributed by atoms with Gasteiger partial charge in [0.1, 0.15) is 0 Å². The summed E-state index contributed by atoms with van der Waals surface area (Å²) in [7, 11) is 0. The Morgan fingerprint density at radius 3 is 2.76 bits per heavy atom. The van der Waals surface area contributed by atoms with E-state index < -0.39 is 0 Å². The number of nitrogens with one attached hydrogen (secondary N) is 2. The quantitative estimate of drug-likeness (QED) is 0.790. The number of hydrogen-bond acceptors (Lipinski definition) is 5. The van der Waals surface area contributed by atoms with Gasteiger partial charge in [-0.15, -0.1) is 11.3 Å². The molecule has 1 saturated heterocycles. The first-order valence-electron chi connectivity index (χ1n) is 10.4. The zero-order valence-electron chi connectivity index (χ0n) is 16.8. The van der Waals surface area contributed by atoms with Crippen LogP contribution in [0.15, 0.2) is 29.6 Å². The van der Waals surface area contributed by atoms with E-state index in [1.165, 1.54) is 22.5 Å². The molecular formula is C22H28N4O2S. The fourth-order valence-electron chi connectivity index (χ4n) is 4.32. The lowest BCUT2D eigenvalue weighted by Crippen LogP contribution is -2.44. The van der Waals surface area contributed by atoms with Crippen molar-refractivity contribution in [1.29, 1.82) is 0 Å². The number of anilines is 1. The van der Waals surface area contributed by atoms with Crippen molar-refractivity contribution in [3.8, 4) is 0 Å². The third kappa shape index (κ3) is 5.03. The molecule has 1 aromatic heterocycles. The lowest BCUT2D eigenvalue weighted by atomic mass is 9.88. The van der Waals surface area contributed by atoms with Crippen LogP contribution in [0.1, 0.15) is 48.5 Å². The SMILES string of the molecule is Cc1csc(NC(=O)C2CCN(CC(=O)NC3CCCc4ccccc43)CC2)n1. The van der Waals surface area contributed by atoms with Gasteiger partial charge in [-0.3, -0.25) is 14.5 Å². The summed E-state index contributed by atoms with van der Waals surface area (Å²) in [6.07, 6.45) is 4.76. The number of nitrogens with zero attached hydrogens (tertiary/aromatic N) is 2. The maximum Gasteiger partial charge on any atom is 0.234 e. The number of hydrogen-bond donors (Lipinski definition) is 2. The second kappa shape index (κ2) is 9.05. The highest BCUT2D eigenvalue weighted by atomic mass is 32.1. The Kier molecular flexibility index (Phi) is 6.25. The third-order valence-corrected chi connectivity index (χ3v) is 6.75. The molecule has 0 saturated carbocycles. The van der Waals surface area contributed by atoms with Crippen molar-refractivity contribution in [3.05, 3.63) is 46.5 Å². The predicted octanol–water partition coefficient (Wildman–Crippen LogP) is 3.30. The van der Waals surface area contributed by atoms with E-state index in [1.807, 2.05) is 18.4 Å². The molecule has 0 spiro atoms. The van der Waals surface area contributed by atoms with Crippen LogP contribution in [0.25, 0.3) is 0 Å². The molecule has 4 rings (SSSR count). The average Bonchev–Trinajstić information content (AvgIpc) is 3.13. The summed E-state index contributed by atoms with van der Waals surface area (Å²) in [6, 6.07) is 8.53. The highest BCUT2D eigenvalue weighted by molar-refractivity contribution is 7.13. The minimum Gasteiger partial charge on any atom is -0.348 e. The first kappa shape index (κ1) is 20.0. The molecule has 2 N–H and O–H groups in total. The van der Waals surface area contributed by atoms with Gasteiger partial charge in [0, 0.05) is 11.3 Å². The van der Waals surface area contributed by atoms with Crippen molar-refractivity contribution in [2.24, 2.45) is 5.92 Å². The number of likely N-dealkylation sites (tertiary alicyclic amines) is 1. The zero-order chi connectivity index (χ0) is 20.2. The third-order valence-electron chi connectivity index (χ3n) is 5.88. The van der Waals surface area contributed by atoms with Crippen LogP contribution in [0.2, 0.25) is 0 Å². The van der Waals surface area contributed by atoms with Gasteiger partial charge in [-0.1, -0.05) is 24.3 Å². The summed E-state index contributed by atoms with van der Waals surface area (Å²) in [5, 5.41) is 8.75. The van der Waals surface area contributed by atoms with E-state index in [2.05, 4.69) is 38.7 Å². The van der Waals surface area contributed by atoms with Gasteiger partial charge in [0.2, 0.25) is 11.8 Å². The standard InChI is InChI=1S/C22H28N4O2S/c1-15-14-29-22(23-15)25-21(28)17-9-11-26(12-10-17)13-20(27)24-19-8-4-6-16-5-2-3-7-18(16)19/h2-3,5,7,14,17,19H,4,6,8-13H2,1H3,(H,24,27)(H,23,25,28). The summed E-state index contributed by atoms with van der Waals surface area (Å²) >= 11 is 1.46. The summed E-state index contributed by atoms with van der Waals surface area (Å²) in [6.45, 7) is 3.85. The fraction of sp³-hybridized carbons (Fsp3) is 0.500. The molecular weight excluding hydrogens is 384 g/mol. The molecule has 0 radical (unpaired) electrons. The Morgan fingerprint density at radius 2 is 2.00 bits per heavy atom. The first-order chi connectivity index (χ1) is 14.1. The number of rotatable bonds is 5. The number of fused-ring (bicyclic) bond motifs is 1. The van der Waals surface area contributed by atoms with Crippen LogP contribution in [0.4, 0.5) is 5.13 Å². The molecule has 1 atom stereocenters. The van der Waals surface area contributed by atoms with Crippen molar-refractivity contribution < 1.29 is 9.59 Å². The number of aromatic nitrogens is 1. The van der Waals surface area contributed by atoms with Crippen molar-refractivity contribution in [1.82, 2.24) is 15.2 Å². The molecule has 1 aromatic carbocycles. The average molecular weight is 413 g/mol. The Balaban J connectivity index is 1.23. The Bertz CT molecular complexity index is 873. The van der Waals surface area contributed by atoms with E-state index >= 15 is 0 Å². The van der Waals surface area contributed by atoms with Gasteiger partial charge in [0.05, 0.1) is 18.3 Å². The van der Waals surface area contributed by atoms with Crippen LogP contribution in [-0.2, 0) is 16.0 Å². The van der Waals surface area contributed by atoms with E-state index in [0.29, 0.717) is 11.7 Å². The predicted molar refractivity (Wildman–Crippen MR) is 115 cm³/mol. The van der Waals surface area contributed by atoms with Gasteiger partial charge in [-0.05, 0) is 63.2 Å². The molecule has 7 heteroatoms. The Labute approximate surface area is 175 Å². The van der Waals surface area contributed by atoms with Crippen molar-refractivity contribution in [2.45, 2.75) is 45.1 Å². The second-order valence-corrected chi connectivity index (χ2v) is 8.90. The van der Waals surface area contributed by atoms with E-state index in [-0.39, 0.29) is 23.8 Å². The summed E-state index contributed by atoms with van der Waals surface area (Å²) in [5.41, 5.74) is 3.54. The molecule has 1 aliphatic heterocycles. The normalized spacial score (nSPS) is 20.1. The number of amides is 2. The molecule has 2 aromatic rings. The molecule has 1 aliphatic carbocycles. The van der Waals surface area contributed by atoms with Gasteiger partial charge < -0.3 is 10.6 Å². The minimum atomic E-state index is -0.0104. The zero-order valence-corrected chi connectivity index (χ0v) is 17.6. The van der Waals surface area contributed by atoms with Gasteiger partial charge in [0.15, 0.2) is 5.13 Å². The molecule has 2 heterocycles. The molecule has 1 unspecified atom stereocenters. The molecule has 1 fully saturated rings. The Morgan fingerprint density at radius 1 is 1.21 bits per heavy atom. The van der Waals surface area contributed by atoms with Gasteiger partial charge in [-0.2, -0.15) is 0 Å². The summed E-state index contributed by atoms with van der Waals surface area (Å²) in [4.78, 5) is 31.5. The number of aryl methyl sites for hydroxylation is 2. The highest BCUT2D eigenvalue weighted by Crippen LogP contribution is 2.29. The van der Waals surface area contributed by atoms with Crippen LogP contribution in [0.5, 0.6) is 0 Å². The van der Waals surface area contributed by atoms with E-state index in [1.54, 1.807) is 0 Å². The first-order valence-corrected chi connectivity index (χ1v) is 11.3. The topological polar surface area (TPSA) is 74.3 Å². The van der Waals surface area contributed by atoms with Crippen LogP contribution < -0.4 is 10.6 Å². The molecule has 29 heavy (non-hydrogen) atoms. The fourth-order valence-corrected chi connectivity index (χ4v) is 5.01. The highest BCUT2D eigenvalue weighted by Gasteiger charge is 2.27. The maximum atomic E-state index is 12.6. The molecule has 6 nitrogen and oxygen atoms in total. The summed E-state index contributed by atoms with van der Waals surface area (Å²) in [5.74, 6) is 0.110. The minimum absolute atomic E-state index is 0.0104. The maximum absolute atomic E-state index is 12.6. The van der Waals surface area contributed by atoms with E-state index in [4.69, 9.17) is 0 Å². The summed E-state index contributed by atoms with van der Waals surface area (Å²) < 4.78 is 0. The lowest BCUT2D eigenvalue weighted by molar-refractivity contribution is -0.124. The molecule has 2 amide bonds. The largest absolute Gasteiger partial charge is 0.348 e. The monoisotopic (exact) mass is 412 g/mol. The second-order valence-electron chi connectivity index (χ2n) is 8.04. The van der Waals surface area contributed by atoms with Crippen molar-refractivity contribution >= 4 is 28.3 Å². The molecule has 0 bridgehead atoms. The lowest BCUT2D eigenvalue weighted by Gasteiger charge is -2.32.